The largest absolute Gasteiger partial charge is 0.349 e. The topological polar surface area (TPSA) is 68.0 Å². The summed E-state index contributed by atoms with van der Waals surface area (Å²) in [5.74, 6) is -0.219. The lowest BCUT2D eigenvalue weighted by molar-refractivity contribution is 0.0945. The van der Waals surface area contributed by atoms with Crippen LogP contribution < -0.4 is 11.1 Å². The van der Waals surface area contributed by atoms with Crippen molar-refractivity contribution in [3.05, 3.63) is 29.8 Å². The van der Waals surface area contributed by atoms with E-state index in [9.17, 15) is 9.18 Å². The second-order valence-corrected chi connectivity index (χ2v) is 4.07. The van der Waals surface area contributed by atoms with Crippen molar-refractivity contribution in [3.63, 3.8) is 0 Å². The number of aromatic nitrogens is 1. The first-order chi connectivity index (χ1) is 7.66. The van der Waals surface area contributed by atoms with Crippen molar-refractivity contribution in [2.45, 2.75) is 18.9 Å². The van der Waals surface area contributed by atoms with Crippen LogP contribution in [0.25, 0.3) is 0 Å². The van der Waals surface area contributed by atoms with Gasteiger partial charge in [-0.25, -0.2) is 9.37 Å². The van der Waals surface area contributed by atoms with E-state index in [1.54, 1.807) is 0 Å². The zero-order chi connectivity index (χ0) is 11.5. The Hall–Kier alpha value is -1.20. The van der Waals surface area contributed by atoms with Crippen molar-refractivity contribution < 1.29 is 9.18 Å². The van der Waals surface area contributed by atoms with Gasteiger partial charge in [0.1, 0.15) is 11.5 Å². The van der Waals surface area contributed by atoms with E-state index in [4.69, 9.17) is 5.73 Å². The van der Waals surface area contributed by atoms with Gasteiger partial charge < -0.3 is 11.1 Å². The lowest BCUT2D eigenvalue weighted by atomic mass is 10.2. The van der Waals surface area contributed by atoms with Crippen LogP contribution in [-0.2, 0) is 0 Å². The van der Waals surface area contributed by atoms with Crippen molar-refractivity contribution in [1.82, 2.24) is 10.3 Å². The quantitative estimate of drug-likeness (QED) is 0.851. The first-order valence-electron chi connectivity index (χ1n) is 5.32. The van der Waals surface area contributed by atoms with Gasteiger partial charge in [-0.3, -0.25) is 4.79 Å². The Kier molecular flexibility index (Phi) is 4.84. The summed E-state index contributed by atoms with van der Waals surface area (Å²) in [4.78, 5) is 15.2. The summed E-state index contributed by atoms with van der Waals surface area (Å²) in [6.07, 6.45) is 3.31. The molecule has 1 aromatic rings. The minimum Gasteiger partial charge on any atom is -0.349 e. The summed E-state index contributed by atoms with van der Waals surface area (Å²) in [5, 5.41) is 2.69. The van der Waals surface area contributed by atoms with Gasteiger partial charge in [0, 0.05) is 12.6 Å². The van der Waals surface area contributed by atoms with E-state index in [2.05, 4.69) is 10.3 Å². The number of nitrogens with two attached hydrogens (primary N) is 1. The highest BCUT2D eigenvalue weighted by Crippen LogP contribution is 2.31. The van der Waals surface area contributed by atoms with Gasteiger partial charge >= 0.3 is 0 Å². The van der Waals surface area contributed by atoms with Crippen LogP contribution in [0.15, 0.2) is 18.3 Å². The predicted octanol–water partition coefficient (Wildman–Crippen LogP) is 1.11. The van der Waals surface area contributed by atoms with Crippen LogP contribution in [0.1, 0.15) is 23.3 Å². The van der Waals surface area contributed by atoms with Crippen LogP contribution in [0.3, 0.4) is 0 Å². The molecule has 1 amide bonds. The van der Waals surface area contributed by atoms with Crippen molar-refractivity contribution in [3.8, 4) is 0 Å². The smallest absolute Gasteiger partial charge is 0.269 e. The Morgan fingerprint density at radius 3 is 2.82 bits per heavy atom. The van der Waals surface area contributed by atoms with Crippen LogP contribution in [0.4, 0.5) is 4.39 Å². The minimum atomic E-state index is -0.453. The number of pyridine rings is 1. The third-order valence-electron chi connectivity index (χ3n) is 2.69. The SMILES string of the molecule is Cl.NC(CNC(=O)c1ccc(F)cn1)C1CC1. The fraction of sp³-hybridized carbons (Fsp3) is 0.455. The Bertz CT molecular complexity index is 381. The van der Waals surface area contributed by atoms with Crippen LogP contribution in [0.5, 0.6) is 0 Å². The zero-order valence-electron chi connectivity index (χ0n) is 9.23. The van der Waals surface area contributed by atoms with Crippen LogP contribution in [-0.4, -0.2) is 23.5 Å². The number of nitrogens with one attached hydrogen (secondary N) is 1. The van der Waals surface area contributed by atoms with E-state index in [0.717, 1.165) is 19.0 Å². The molecule has 1 atom stereocenters. The molecule has 4 nitrogen and oxygen atoms in total. The number of carbonyl (C=O) groups excluding carboxylic acids is 1. The lowest BCUT2D eigenvalue weighted by Gasteiger charge is -2.10. The first-order valence-corrected chi connectivity index (χ1v) is 5.32. The maximum absolute atomic E-state index is 12.6. The molecule has 1 unspecified atom stereocenters. The fourth-order valence-corrected chi connectivity index (χ4v) is 1.50. The Morgan fingerprint density at radius 1 is 1.59 bits per heavy atom. The normalized spacial score (nSPS) is 15.9. The number of halogens is 2. The molecule has 1 saturated carbocycles. The summed E-state index contributed by atoms with van der Waals surface area (Å²) in [5.41, 5.74) is 6.05. The Morgan fingerprint density at radius 2 is 2.29 bits per heavy atom. The van der Waals surface area contributed by atoms with E-state index in [1.807, 2.05) is 0 Å². The molecular formula is C11H15ClFN3O. The molecule has 0 bridgehead atoms. The number of hydrogen-bond acceptors (Lipinski definition) is 3. The molecular weight excluding hydrogens is 245 g/mol. The molecule has 0 spiro atoms. The molecule has 1 aromatic heterocycles. The molecule has 1 aliphatic carbocycles. The Balaban J connectivity index is 0.00000144. The predicted molar refractivity (Wildman–Crippen MR) is 64.5 cm³/mol. The summed E-state index contributed by atoms with van der Waals surface area (Å²) >= 11 is 0. The van der Waals surface area contributed by atoms with E-state index in [1.165, 1.54) is 12.1 Å². The van der Waals surface area contributed by atoms with Gasteiger partial charge in [-0.1, -0.05) is 0 Å². The number of carbonyl (C=O) groups is 1. The maximum atomic E-state index is 12.6. The lowest BCUT2D eigenvalue weighted by Crippen LogP contribution is -2.38. The van der Waals surface area contributed by atoms with Crippen LogP contribution in [0, 0.1) is 11.7 Å². The molecule has 6 heteroatoms. The molecule has 0 saturated heterocycles. The average molecular weight is 260 g/mol. The fourth-order valence-electron chi connectivity index (χ4n) is 1.50. The molecule has 1 heterocycles. The number of amides is 1. The van der Waals surface area contributed by atoms with Crippen molar-refractivity contribution in [1.29, 1.82) is 0 Å². The summed E-state index contributed by atoms with van der Waals surface area (Å²) < 4.78 is 12.6. The van der Waals surface area contributed by atoms with E-state index in [0.29, 0.717) is 12.5 Å². The molecule has 3 N–H and O–H groups in total. The van der Waals surface area contributed by atoms with Crippen LogP contribution >= 0.6 is 12.4 Å². The molecule has 0 radical (unpaired) electrons. The van der Waals surface area contributed by atoms with Crippen molar-refractivity contribution in [2.75, 3.05) is 6.54 Å². The molecule has 94 valence electrons. The number of nitrogens with zero attached hydrogens (tertiary/aromatic N) is 1. The van der Waals surface area contributed by atoms with Gasteiger partial charge in [-0.05, 0) is 30.9 Å². The van der Waals surface area contributed by atoms with Crippen molar-refractivity contribution in [2.24, 2.45) is 11.7 Å². The molecule has 2 rings (SSSR count). The van der Waals surface area contributed by atoms with E-state index < -0.39 is 5.82 Å². The van der Waals surface area contributed by atoms with E-state index >= 15 is 0 Å². The average Bonchev–Trinajstić information content (AvgIpc) is 3.10. The van der Waals surface area contributed by atoms with Crippen molar-refractivity contribution >= 4 is 18.3 Å². The first kappa shape index (κ1) is 13.9. The van der Waals surface area contributed by atoms with Gasteiger partial charge in [-0.15, -0.1) is 12.4 Å². The van der Waals surface area contributed by atoms with Gasteiger partial charge in [0.25, 0.3) is 5.91 Å². The highest BCUT2D eigenvalue weighted by molar-refractivity contribution is 5.92. The summed E-state index contributed by atoms with van der Waals surface area (Å²) in [7, 11) is 0. The second kappa shape index (κ2) is 5.93. The molecule has 17 heavy (non-hydrogen) atoms. The second-order valence-electron chi connectivity index (χ2n) is 4.07. The van der Waals surface area contributed by atoms with Gasteiger partial charge in [-0.2, -0.15) is 0 Å². The Labute approximate surface area is 105 Å². The molecule has 0 aromatic carbocycles. The molecule has 1 fully saturated rings. The highest BCUT2D eigenvalue weighted by Gasteiger charge is 2.28. The highest BCUT2D eigenvalue weighted by atomic mass is 35.5. The zero-order valence-corrected chi connectivity index (χ0v) is 10.0. The van der Waals surface area contributed by atoms with Gasteiger partial charge in [0.2, 0.25) is 0 Å². The van der Waals surface area contributed by atoms with E-state index in [-0.39, 0.29) is 30.0 Å². The maximum Gasteiger partial charge on any atom is 0.269 e. The molecule has 0 aliphatic heterocycles. The summed E-state index contributed by atoms with van der Waals surface area (Å²) in [6, 6.07) is 2.58. The minimum absolute atomic E-state index is 0. The molecule has 1 aliphatic rings. The summed E-state index contributed by atoms with van der Waals surface area (Å²) in [6.45, 7) is 0.447. The van der Waals surface area contributed by atoms with Gasteiger partial charge in [0.05, 0.1) is 6.20 Å². The monoisotopic (exact) mass is 259 g/mol. The number of hydrogen-bond donors (Lipinski definition) is 2. The van der Waals surface area contributed by atoms with Gasteiger partial charge in [0.15, 0.2) is 0 Å². The standard InChI is InChI=1S/C11H14FN3O.ClH/c12-8-3-4-10(14-5-8)11(16)15-6-9(13)7-1-2-7;/h3-5,7,9H,1-2,6,13H2,(H,15,16);1H. The third-order valence-corrected chi connectivity index (χ3v) is 2.69. The number of rotatable bonds is 4. The van der Waals surface area contributed by atoms with Crippen LogP contribution in [0.2, 0.25) is 0 Å². The third kappa shape index (κ3) is 3.94.